The van der Waals surface area contributed by atoms with Crippen molar-refractivity contribution < 1.29 is 9.47 Å². The fourth-order valence-electron chi connectivity index (χ4n) is 3.61. The van der Waals surface area contributed by atoms with Gasteiger partial charge in [0.2, 0.25) is 5.79 Å². The Kier molecular flexibility index (Phi) is 3.27. The summed E-state index contributed by atoms with van der Waals surface area (Å²) in [6.07, 6.45) is 7.97. The summed E-state index contributed by atoms with van der Waals surface area (Å²) in [7, 11) is 0. The van der Waals surface area contributed by atoms with Crippen molar-refractivity contribution in [2.24, 2.45) is 0 Å². The molecule has 2 fully saturated rings. The molecule has 3 aliphatic rings. The first-order chi connectivity index (χ1) is 10.3. The maximum Gasteiger partial charge on any atom is 0.213 e. The van der Waals surface area contributed by atoms with Crippen molar-refractivity contribution in [3.8, 4) is 5.75 Å². The van der Waals surface area contributed by atoms with Crippen LogP contribution in [0, 0.1) is 0 Å². The van der Waals surface area contributed by atoms with Gasteiger partial charge in [0.15, 0.2) is 0 Å². The second-order valence-corrected chi connectivity index (χ2v) is 6.49. The fraction of sp³-hybridized carbons (Fsp3) is 0.556. The normalized spacial score (nSPS) is 25.0. The molecule has 2 heterocycles. The van der Waals surface area contributed by atoms with Crippen LogP contribution in [-0.2, 0) is 11.3 Å². The predicted molar refractivity (Wildman–Crippen MR) is 83.1 cm³/mol. The van der Waals surface area contributed by atoms with Crippen LogP contribution < -0.4 is 4.74 Å². The summed E-state index contributed by atoms with van der Waals surface area (Å²) in [6, 6.07) is 7.07. The van der Waals surface area contributed by atoms with Gasteiger partial charge in [-0.15, -0.1) is 0 Å². The largest absolute Gasteiger partial charge is 0.462 e. The first kappa shape index (κ1) is 13.4. The van der Waals surface area contributed by atoms with Gasteiger partial charge in [-0.25, -0.2) is 0 Å². The van der Waals surface area contributed by atoms with Gasteiger partial charge in [-0.1, -0.05) is 25.1 Å². The van der Waals surface area contributed by atoms with Crippen LogP contribution in [0.4, 0.5) is 0 Å². The lowest BCUT2D eigenvalue weighted by molar-refractivity contribution is -0.231. The zero-order valence-electron chi connectivity index (χ0n) is 12.5. The molecule has 0 bridgehead atoms. The average molecular weight is 285 g/mol. The van der Waals surface area contributed by atoms with Crippen molar-refractivity contribution in [2.45, 2.75) is 50.5 Å². The lowest BCUT2D eigenvalue weighted by atomic mass is 9.89. The highest BCUT2D eigenvalue weighted by Crippen LogP contribution is 2.39. The quantitative estimate of drug-likeness (QED) is 0.829. The summed E-state index contributed by atoms with van der Waals surface area (Å²) in [5.74, 6) is 0.604. The number of hydrogen-bond donors (Lipinski definition) is 0. The Morgan fingerprint density at radius 2 is 2.05 bits per heavy atom. The average Bonchev–Trinajstić information content (AvgIpc) is 2.47. The summed E-state index contributed by atoms with van der Waals surface area (Å²) in [4.78, 5) is 2.62. The number of rotatable bonds is 2. The van der Waals surface area contributed by atoms with Crippen molar-refractivity contribution in [3.63, 3.8) is 0 Å². The highest BCUT2D eigenvalue weighted by atomic mass is 16.7. The SMILES string of the molecule is C=Cc1ccc2c(c1)COC1(CCN(C3CCC3)CC1)O2. The van der Waals surface area contributed by atoms with E-state index >= 15 is 0 Å². The lowest BCUT2D eigenvalue weighted by Gasteiger charge is -2.47. The smallest absolute Gasteiger partial charge is 0.213 e. The number of nitrogens with zero attached hydrogens (tertiary/aromatic N) is 1. The molecule has 3 nitrogen and oxygen atoms in total. The van der Waals surface area contributed by atoms with Crippen LogP contribution >= 0.6 is 0 Å². The third kappa shape index (κ3) is 2.39. The van der Waals surface area contributed by atoms with Crippen molar-refractivity contribution in [1.82, 2.24) is 4.90 Å². The van der Waals surface area contributed by atoms with E-state index in [1.807, 2.05) is 6.08 Å². The van der Waals surface area contributed by atoms with Gasteiger partial charge >= 0.3 is 0 Å². The summed E-state index contributed by atoms with van der Waals surface area (Å²) in [5.41, 5.74) is 2.26. The second kappa shape index (κ2) is 5.15. The third-order valence-electron chi connectivity index (χ3n) is 5.26. The standard InChI is InChI=1S/C18H23NO2/c1-2-14-6-7-17-15(12-14)13-20-18(21-17)8-10-19(11-9-18)16-4-3-5-16/h2,6-7,12,16H,1,3-5,8-11,13H2. The highest BCUT2D eigenvalue weighted by molar-refractivity contribution is 5.52. The Labute approximate surface area is 126 Å². The van der Waals surface area contributed by atoms with E-state index in [1.165, 1.54) is 19.3 Å². The van der Waals surface area contributed by atoms with Crippen LogP contribution in [0.2, 0.25) is 0 Å². The number of fused-ring (bicyclic) bond motifs is 1. The van der Waals surface area contributed by atoms with Gasteiger partial charge in [-0.05, 0) is 30.5 Å². The number of ether oxygens (including phenoxy) is 2. The van der Waals surface area contributed by atoms with Gasteiger partial charge < -0.3 is 9.47 Å². The summed E-state index contributed by atoms with van der Waals surface area (Å²) in [5, 5.41) is 0. The molecular weight excluding hydrogens is 262 g/mol. The fourth-order valence-corrected chi connectivity index (χ4v) is 3.61. The Bertz CT molecular complexity index is 542. The zero-order chi connectivity index (χ0) is 14.3. The predicted octanol–water partition coefficient (Wildman–Crippen LogP) is 3.58. The molecule has 4 rings (SSSR count). The summed E-state index contributed by atoms with van der Waals surface area (Å²) < 4.78 is 12.4. The molecule has 1 aliphatic carbocycles. The van der Waals surface area contributed by atoms with Gasteiger partial charge in [0.25, 0.3) is 0 Å². The van der Waals surface area contributed by atoms with Crippen molar-refractivity contribution in [3.05, 3.63) is 35.9 Å². The van der Waals surface area contributed by atoms with E-state index in [1.54, 1.807) is 0 Å². The van der Waals surface area contributed by atoms with Gasteiger partial charge in [-0.3, -0.25) is 4.90 Å². The second-order valence-electron chi connectivity index (χ2n) is 6.49. The molecule has 0 N–H and O–H groups in total. The number of piperidine rings is 1. The Morgan fingerprint density at radius 3 is 2.71 bits per heavy atom. The van der Waals surface area contributed by atoms with E-state index in [4.69, 9.17) is 9.47 Å². The molecule has 0 aromatic heterocycles. The summed E-state index contributed by atoms with van der Waals surface area (Å²) in [6.45, 7) is 6.67. The van der Waals surface area contributed by atoms with Crippen LogP contribution in [0.1, 0.15) is 43.2 Å². The van der Waals surface area contributed by atoms with Crippen LogP contribution in [0.25, 0.3) is 6.08 Å². The topological polar surface area (TPSA) is 21.7 Å². The van der Waals surface area contributed by atoms with Gasteiger partial charge in [0, 0.05) is 37.5 Å². The minimum atomic E-state index is -0.386. The highest BCUT2D eigenvalue weighted by Gasteiger charge is 2.42. The maximum atomic E-state index is 6.26. The Morgan fingerprint density at radius 1 is 1.24 bits per heavy atom. The van der Waals surface area contributed by atoms with E-state index < -0.39 is 0 Å². The van der Waals surface area contributed by atoms with Gasteiger partial charge in [-0.2, -0.15) is 0 Å². The Hall–Kier alpha value is -1.32. The molecule has 0 unspecified atom stereocenters. The maximum absolute atomic E-state index is 6.26. The first-order valence-corrected chi connectivity index (χ1v) is 8.10. The van der Waals surface area contributed by atoms with E-state index in [9.17, 15) is 0 Å². The number of benzene rings is 1. The third-order valence-corrected chi connectivity index (χ3v) is 5.26. The minimum Gasteiger partial charge on any atom is -0.462 e. The van der Waals surface area contributed by atoms with E-state index in [0.717, 1.165) is 48.8 Å². The molecule has 1 aromatic carbocycles. The van der Waals surface area contributed by atoms with Crippen LogP contribution in [0.15, 0.2) is 24.8 Å². The molecule has 2 aliphatic heterocycles. The minimum absolute atomic E-state index is 0.386. The molecule has 0 amide bonds. The number of hydrogen-bond acceptors (Lipinski definition) is 3. The molecule has 1 spiro atoms. The molecule has 21 heavy (non-hydrogen) atoms. The number of likely N-dealkylation sites (tertiary alicyclic amines) is 1. The van der Waals surface area contributed by atoms with Crippen LogP contribution in [0.3, 0.4) is 0 Å². The molecule has 1 aromatic rings. The molecule has 1 saturated carbocycles. The molecule has 0 atom stereocenters. The molecule has 3 heteroatoms. The van der Waals surface area contributed by atoms with Crippen LogP contribution in [0.5, 0.6) is 5.75 Å². The van der Waals surface area contributed by atoms with E-state index in [0.29, 0.717) is 6.61 Å². The first-order valence-electron chi connectivity index (χ1n) is 8.10. The van der Waals surface area contributed by atoms with Crippen LogP contribution in [-0.4, -0.2) is 29.8 Å². The van der Waals surface area contributed by atoms with Gasteiger partial charge in [0.05, 0.1) is 6.61 Å². The summed E-state index contributed by atoms with van der Waals surface area (Å²) >= 11 is 0. The molecule has 1 saturated heterocycles. The zero-order valence-corrected chi connectivity index (χ0v) is 12.5. The molecule has 0 radical (unpaired) electrons. The van der Waals surface area contributed by atoms with E-state index in [2.05, 4.69) is 29.7 Å². The van der Waals surface area contributed by atoms with E-state index in [-0.39, 0.29) is 5.79 Å². The van der Waals surface area contributed by atoms with Gasteiger partial charge in [0.1, 0.15) is 5.75 Å². The molecular formula is C18H23NO2. The van der Waals surface area contributed by atoms with Crippen molar-refractivity contribution in [2.75, 3.05) is 13.1 Å². The van der Waals surface area contributed by atoms with Crippen molar-refractivity contribution >= 4 is 6.08 Å². The monoisotopic (exact) mass is 285 g/mol. The van der Waals surface area contributed by atoms with Crippen molar-refractivity contribution in [1.29, 1.82) is 0 Å². The lowest BCUT2D eigenvalue weighted by Crippen LogP contribution is -2.54. The Balaban J connectivity index is 1.46. The molecule has 112 valence electrons.